The summed E-state index contributed by atoms with van der Waals surface area (Å²) in [6.07, 6.45) is 1.33. The normalized spacial score (nSPS) is 21.0. The number of ether oxygens (including phenoxy) is 1. The summed E-state index contributed by atoms with van der Waals surface area (Å²) >= 11 is 1.91. The summed E-state index contributed by atoms with van der Waals surface area (Å²) in [7, 11) is 1.73. The van der Waals surface area contributed by atoms with Gasteiger partial charge in [0.2, 0.25) is 0 Å². The summed E-state index contributed by atoms with van der Waals surface area (Å²) in [5, 5.41) is 7.41. The maximum absolute atomic E-state index is 12.1. The monoisotopic (exact) mass is 389 g/mol. The van der Waals surface area contributed by atoms with Gasteiger partial charge in [-0.2, -0.15) is 24.9 Å². The Morgan fingerprint density at radius 2 is 2.08 bits per heavy atom. The van der Waals surface area contributed by atoms with Gasteiger partial charge in [-0.15, -0.1) is 0 Å². The molecule has 1 aliphatic carbocycles. The first kappa shape index (κ1) is 20.9. The number of alkyl halides is 3. The minimum atomic E-state index is -4.30. The number of aliphatic imine (C=N–C) groups is 1. The fourth-order valence-corrected chi connectivity index (χ4v) is 3.77. The van der Waals surface area contributed by atoms with E-state index in [0.717, 1.165) is 29.9 Å². The average molecular weight is 389 g/mol. The van der Waals surface area contributed by atoms with Gasteiger partial charge in [0.1, 0.15) is 6.61 Å². The van der Waals surface area contributed by atoms with Gasteiger partial charge in [-0.25, -0.2) is 0 Å². The molecule has 1 aromatic rings. The van der Waals surface area contributed by atoms with Crippen LogP contribution in [0.3, 0.4) is 0 Å². The molecule has 2 rings (SSSR count). The summed E-state index contributed by atoms with van der Waals surface area (Å²) in [5.41, 5.74) is 1.68. The number of nitrogens with one attached hydrogen (secondary N) is 2. The van der Waals surface area contributed by atoms with E-state index in [-0.39, 0.29) is 6.61 Å². The third-order valence-corrected chi connectivity index (χ3v) is 5.36. The topological polar surface area (TPSA) is 45.7 Å². The molecular formula is C18H26F3N3OS. The lowest BCUT2D eigenvalue weighted by atomic mass is 10.1. The first-order chi connectivity index (χ1) is 12.4. The number of hydrogen-bond acceptors (Lipinski definition) is 3. The van der Waals surface area contributed by atoms with Crippen LogP contribution in [0.25, 0.3) is 0 Å². The third kappa shape index (κ3) is 7.45. The molecule has 0 bridgehead atoms. The van der Waals surface area contributed by atoms with Crippen LogP contribution < -0.4 is 10.6 Å². The van der Waals surface area contributed by atoms with Crippen LogP contribution in [0.2, 0.25) is 0 Å². The van der Waals surface area contributed by atoms with Crippen LogP contribution in [0.15, 0.2) is 29.3 Å². The Morgan fingerprint density at radius 3 is 2.73 bits per heavy atom. The molecule has 0 aromatic heterocycles. The van der Waals surface area contributed by atoms with Crippen molar-refractivity contribution in [2.75, 3.05) is 19.9 Å². The molecule has 2 atom stereocenters. The van der Waals surface area contributed by atoms with Crippen molar-refractivity contribution in [3.05, 3.63) is 35.4 Å². The Bertz CT molecular complexity index is 595. The molecule has 0 saturated heterocycles. The molecular weight excluding hydrogens is 363 g/mol. The smallest absolute Gasteiger partial charge is 0.367 e. The van der Waals surface area contributed by atoms with E-state index in [1.54, 1.807) is 13.1 Å². The molecule has 8 heteroatoms. The molecule has 0 radical (unpaired) electrons. The van der Waals surface area contributed by atoms with Crippen molar-refractivity contribution in [3.8, 4) is 0 Å². The van der Waals surface area contributed by atoms with E-state index in [2.05, 4.69) is 21.9 Å². The van der Waals surface area contributed by atoms with Gasteiger partial charge < -0.3 is 15.4 Å². The van der Waals surface area contributed by atoms with Crippen LogP contribution in [0, 0.1) is 0 Å². The highest BCUT2D eigenvalue weighted by atomic mass is 32.2. The summed E-state index contributed by atoms with van der Waals surface area (Å²) < 4.78 is 41.1. The van der Waals surface area contributed by atoms with Gasteiger partial charge in [0, 0.05) is 24.9 Å². The van der Waals surface area contributed by atoms with Crippen molar-refractivity contribution in [3.63, 3.8) is 0 Å². The fourth-order valence-electron chi connectivity index (χ4n) is 2.97. The Labute approximate surface area is 157 Å². The number of rotatable bonds is 7. The largest absolute Gasteiger partial charge is 0.411 e. The average Bonchev–Trinajstić information content (AvgIpc) is 3.05. The van der Waals surface area contributed by atoms with Crippen molar-refractivity contribution in [1.29, 1.82) is 0 Å². The van der Waals surface area contributed by atoms with Gasteiger partial charge in [0.15, 0.2) is 5.96 Å². The lowest BCUT2D eigenvalue weighted by Gasteiger charge is -2.17. The van der Waals surface area contributed by atoms with Crippen LogP contribution in [-0.4, -0.2) is 43.3 Å². The molecule has 4 nitrogen and oxygen atoms in total. The SMILES string of the molecule is CN=C(NCc1cccc(COCC(F)(F)F)c1)NC1CCC(SC)C1. The van der Waals surface area contributed by atoms with Gasteiger partial charge in [-0.05, 0) is 36.6 Å². The van der Waals surface area contributed by atoms with E-state index in [0.29, 0.717) is 17.8 Å². The van der Waals surface area contributed by atoms with E-state index in [9.17, 15) is 13.2 Å². The van der Waals surface area contributed by atoms with Crippen molar-refractivity contribution in [2.24, 2.45) is 4.99 Å². The zero-order valence-corrected chi connectivity index (χ0v) is 15.9. The van der Waals surface area contributed by atoms with Gasteiger partial charge in [-0.1, -0.05) is 24.3 Å². The molecule has 2 N–H and O–H groups in total. The number of thioether (sulfide) groups is 1. The Kier molecular flexibility index (Phi) is 8.09. The highest BCUT2D eigenvalue weighted by molar-refractivity contribution is 7.99. The molecule has 2 unspecified atom stereocenters. The van der Waals surface area contributed by atoms with Crippen LogP contribution in [0.5, 0.6) is 0 Å². The first-order valence-corrected chi connectivity index (χ1v) is 9.90. The predicted octanol–water partition coefficient (Wildman–Crippen LogP) is 3.71. The minimum absolute atomic E-state index is 0.0571. The van der Waals surface area contributed by atoms with Gasteiger partial charge in [0.05, 0.1) is 6.61 Å². The van der Waals surface area contributed by atoms with Crippen molar-refractivity contribution >= 4 is 17.7 Å². The second-order valence-corrected chi connectivity index (χ2v) is 7.50. The molecule has 0 aliphatic heterocycles. The highest BCUT2D eigenvalue weighted by Gasteiger charge is 2.27. The number of nitrogens with zero attached hydrogens (tertiary/aromatic N) is 1. The van der Waals surface area contributed by atoms with Crippen molar-refractivity contribution < 1.29 is 17.9 Å². The summed E-state index contributed by atoms with van der Waals surface area (Å²) in [5.74, 6) is 0.746. The molecule has 1 aromatic carbocycles. The van der Waals surface area contributed by atoms with E-state index in [4.69, 9.17) is 4.74 Å². The predicted molar refractivity (Wildman–Crippen MR) is 100 cm³/mol. The van der Waals surface area contributed by atoms with Crippen LogP contribution in [-0.2, 0) is 17.9 Å². The van der Waals surface area contributed by atoms with Gasteiger partial charge >= 0.3 is 6.18 Å². The molecule has 0 spiro atoms. The Hall–Kier alpha value is -1.41. The third-order valence-electron chi connectivity index (χ3n) is 4.27. The van der Waals surface area contributed by atoms with Crippen molar-refractivity contribution in [1.82, 2.24) is 10.6 Å². The van der Waals surface area contributed by atoms with Crippen LogP contribution in [0.4, 0.5) is 13.2 Å². The lowest BCUT2D eigenvalue weighted by Crippen LogP contribution is -2.42. The molecule has 0 heterocycles. The standard InChI is InChI=1S/C18H26F3N3OS/c1-22-17(24-15-6-7-16(9-15)26-2)23-10-13-4-3-5-14(8-13)11-25-12-18(19,20)21/h3-5,8,15-16H,6-7,9-12H2,1-2H3,(H2,22,23,24). The first-order valence-electron chi connectivity index (χ1n) is 8.62. The minimum Gasteiger partial charge on any atom is -0.367 e. The zero-order chi connectivity index (χ0) is 19.0. The quantitative estimate of drug-likeness (QED) is 0.551. The molecule has 0 amide bonds. The summed E-state index contributed by atoms with van der Waals surface area (Å²) in [6.45, 7) is -0.742. The van der Waals surface area contributed by atoms with Gasteiger partial charge in [0.25, 0.3) is 0 Å². The van der Waals surface area contributed by atoms with Crippen molar-refractivity contribution in [2.45, 2.75) is 49.9 Å². The lowest BCUT2D eigenvalue weighted by molar-refractivity contribution is -0.176. The van der Waals surface area contributed by atoms with Gasteiger partial charge in [-0.3, -0.25) is 4.99 Å². The molecule has 26 heavy (non-hydrogen) atoms. The molecule has 1 aliphatic rings. The molecule has 146 valence electrons. The Morgan fingerprint density at radius 1 is 1.31 bits per heavy atom. The second kappa shape index (κ2) is 10.1. The number of guanidine groups is 1. The zero-order valence-electron chi connectivity index (χ0n) is 15.1. The van der Waals surface area contributed by atoms with E-state index in [1.165, 1.54) is 6.42 Å². The van der Waals surface area contributed by atoms with E-state index >= 15 is 0 Å². The highest BCUT2D eigenvalue weighted by Crippen LogP contribution is 2.28. The maximum atomic E-state index is 12.1. The number of halogens is 3. The van der Waals surface area contributed by atoms with Crippen LogP contribution >= 0.6 is 11.8 Å². The van der Waals surface area contributed by atoms with Crippen LogP contribution in [0.1, 0.15) is 30.4 Å². The van der Waals surface area contributed by atoms with E-state index < -0.39 is 12.8 Å². The molecule has 1 fully saturated rings. The number of benzene rings is 1. The second-order valence-electron chi connectivity index (χ2n) is 6.37. The summed E-state index contributed by atoms with van der Waals surface area (Å²) in [6, 6.07) is 7.77. The summed E-state index contributed by atoms with van der Waals surface area (Å²) in [4.78, 5) is 4.25. The molecule has 1 saturated carbocycles. The number of hydrogen-bond donors (Lipinski definition) is 2. The maximum Gasteiger partial charge on any atom is 0.411 e. The Balaban J connectivity index is 1.79. The fraction of sp³-hybridized carbons (Fsp3) is 0.611. The van der Waals surface area contributed by atoms with E-state index in [1.807, 2.05) is 30.0 Å².